The van der Waals surface area contributed by atoms with Gasteiger partial charge >= 0.3 is 6.03 Å². The third-order valence-electron chi connectivity index (χ3n) is 4.97. The number of carbonyl (C=O) groups excluding carboxylic acids is 2. The molecule has 3 aromatic rings. The Morgan fingerprint density at radius 1 is 1.06 bits per heavy atom. The largest absolute Gasteiger partial charge is 0.367 e. The van der Waals surface area contributed by atoms with Crippen LogP contribution in [0.4, 0.5) is 16.3 Å². The van der Waals surface area contributed by atoms with Crippen molar-refractivity contribution >= 4 is 40.1 Å². The van der Waals surface area contributed by atoms with E-state index in [0.717, 1.165) is 29.7 Å². The lowest BCUT2D eigenvalue weighted by Crippen LogP contribution is -2.34. The quantitative estimate of drug-likeness (QED) is 0.348. The van der Waals surface area contributed by atoms with Gasteiger partial charge in [0.05, 0.1) is 11.0 Å². The van der Waals surface area contributed by atoms with Crippen LogP contribution in [0, 0.1) is 12.8 Å². The zero-order chi connectivity index (χ0) is 24.0. The zero-order valence-electron chi connectivity index (χ0n) is 20.0. The Balaban J connectivity index is 1.69. The van der Waals surface area contributed by atoms with Crippen LogP contribution in [0.15, 0.2) is 18.2 Å². The summed E-state index contributed by atoms with van der Waals surface area (Å²) in [6.45, 7) is 11.1. The summed E-state index contributed by atoms with van der Waals surface area (Å²) >= 11 is 0. The molecule has 3 rings (SSSR count). The topological polar surface area (TPSA) is 125 Å². The number of unbranched alkanes of at least 4 members (excludes halogenated alkanes) is 1. The molecule has 0 radical (unpaired) electrons. The number of fused-ring (bicyclic) bond motifs is 3. The predicted molar refractivity (Wildman–Crippen MR) is 131 cm³/mol. The van der Waals surface area contributed by atoms with Crippen molar-refractivity contribution in [3.63, 3.8) is 0 Å². The number of hydrogen-bond donors (Lipinski definition) is 4. The molecule has 2 heterocycles. The highest BCUT2D eigenvalue weighted by Crippen LogP contribution is 2.24. The number of carbonyl (C=O) groups is 2. The van der Waals surface area contributed by atoms with Crippen molar-refractivity contribution in [2.45, 2.75) is 59.9 Å². The maximum Gasteiger partial charge on any atom is 0.319 e. The average molecular weight is 455 g/mol. The summed E-state index contributed by atoms with van der Waals surface area (Å²) in [4.78, 5) is 28.6. The molecule has 3 amide bonds. The van der Waals surface area contributed by atoms with Crippen LogP contribution in [0.2, 0.25) is 0 Å². The van der Waals surface area contributed by atoms with Crippen molar-refractivity contribution in [2.24, 2.45) is 5.92 Å². The minimum Gasteiger partial charge on any atom is -0.367 e. The molecule has 0 saturated heterocycles. The molecular formula is C23H34N8O2. The molecule has 2 aromatic heterocycles. The van der Waals surface area contributed by atoms with Gasteiger partial charge in [-0.3, -0.25) is 9.20 Å². The van der Waals surface area contributed by atoms with Crippen LogP contribution >= 0.6 is 0 Å². The van der Waals surface area contributed by atoms with Crippen molar-refractivity contribution in [1.82, 2.24) is 30.2 Å². The minimum atomic E-state index is -0.260. The Labute approximate surface area is 193 Å². The molecule has 33 heavy (non-hydrogen) atoms. The average Bonchev–Trinajstić information content (AvgIpc) is 3.11. The highest BCUT2D eigenvalue weighted by atomic mass is 16.2. The minimum absolute atomic E-state index is 0.0437. The van der Waals surface area contributed by atoms with E-state index in [1.165, 1.54) is 0 Å². The molecule has 0 fully saturated rings. The summed E-state index contributed by atoms with van der Waals surface area (Å²) < 4.78 is 1.95. The van der Waals surface area contributed by atoms with Crippen LogP contribution in [0.5, 0.6) is 0 Å². The van der Waals surface area contributed by atoms with Crippen LogP contribution in [0.3, 0.4) is 0 Å². The van der Waals surface area contributed by atoms with Gasteiger partial charge in [-0.1, -0.05) is 13.8 Å². The fourth-order valence-electron chi connectivity index (χ4n) is 3.53. The van der Waals surface area contributed by atoms with E-state index in [-0.39, 0.29) is 18.0 Å². The van der Waals surface area contributed by atoms with Gasteiger partial charge in [0.1, 0.15) is 5.82 Å². The Bertz CT molecular complexity index is 1120. The first-order valence-corrected chi connectivity index (χ1v) is 11.5. The summed E-state index contributed by atoms with van der Waals surface area (Å²) in [5.74, 6) is 1.85. The Kier molecular flexibility index (Phi) is 8.02. The standard InChI is InChI=1S/C23H34N8O2/c1-14(2)12-20(32)24-10-6-7-11-25-21-22-30-29-16(5)31(22)19-9-8-17(13-18(19)28-21)27-23(33)26-15(3)4/h8-9,13-15H,6-7,10-12H2,1-5H3,(H,24,32)(H,25,28)(H2,26,27,33). The lowest BCUT2D eigenvalue weighted by molar-refractivity contribution is -0.121. The molecule has 0 aliphatic heterocycles. The normalized spacial score (nSPS) is 11.4. The fraction of sp³-hybridized carbons (Fsp3) is 0.522. The number of nitrogens with one attached hydrogen (secondary N) is 4. The maximum absolute atomic E-state index is 12.1. The van der Waals surface area contributed by atoms with E-state index in [9.17, 15) is 9.59 Å². The first kappa shape index (κ1) is 24.2. The van der Waals surface area contributed by atoms with Crippen LogP contribution in [-0.4, -0.2) is 50.7 Å². The van der Waals surface area contributed by atoms with E-state index in [2.05, 4.69) is 31.5 Å². The van der Waals surface area contributed by atoms with E-state index in [1.807, 2.05) is 57.2 Å². The summed E-state index contributed by atoms with van der Waals surface area (Å²) in [6, 6.07) is 5.36. The smallest absolute Gasteiger partial charge is 0.319 e. The first-order chi connectivity index (χ1) is 15.7. The SMILES string of the molecule is Cc1nnc2c(NCCCCNC(=O)CC(C)C)nc3cc(NC(=O)NC(C)C)ccc3n12. The lowest BCUT2D eigenvalue weighted by Gasteiger charge is -2.13. The monoisotopic (exact) mass is 454 g/mol. The van der Waals surface area contributed by atoms with Crippen molar-refractivity contribution in [1.29, 1.82) is 0 Å². The fourth-order valence-corrected chi connectivity index (χ4v) is 3.53. The van der Waals surface area contributed by atoms with Gasteiger partial charge in [-0.15, -0.1) is 10.2 Å². The summed E-state index contributed by atoms with van der Waals surface area (Å²) in [5, 5.41) is 20.5. The van der Waals surface area contributed by atoms with Gasteiger partial charge in [0.2, 0.25) is 11.6 Å². The number of aromatic nitrogens is 4. The van der Waals surface area contributed by atoms with E-state index in [4.69, 9.17) is 4.98 Å². The van der Waals surface area contributed by atoms with Crippen molar-refractivity contribution in [3.05, 3.63) is 24.0 Å². The number of rotatable bonds is 10. The van der Waals surface area contributed by atoms with E-state index in [0.29, 0.717) is 42.6 Å². The van der Waals surface area contributed by atoms with Crippen LogP contribution in [-0.2, 0) is 4.79 Å². The molecule has 0 aliphatic rings. The van der Waals surface area contributed by atoms with Crippen LogP contribution in [0.25, 0.3) is 16.7 Å². The molecule has 0 saturated carbocycles. The molecular weight excluding hydrogens is 420 g/mol. The number of aryl methyl sites for hydroxylation is 1. The first-order valence-electron chi connectivity index (χ1n) is 11.5. The van der Waals surface area contributed by atoms with E-state index >= 15 is 0 Å². The molecule has 0 unspecified atom stereocenters. The number of hydrogen-bond acceptors (Lipinski definition) is 6. The molecule has 0 bridgehead atoms. The molecule has 178 valence electrons. The Hall–Kier alpha value is -3.43. The number of urea groups is 1. The predicted octanol–water partition coefficient (Wildman–Crippen LogP) is 3.47. The van der Waals surface area contributed by atoms with E-state index in [1.54, 1.807) is 0 Å². The zero-order valence-corrected chi connectivity index (χ0v) is 20.0. The molecule has 0 aliphatic carbocycles. The number of benzene rings is 1. The van der Waals surface area contributed by atoms with Gasteiger partial charge in [0.25, 0.3) is 0 Å². The maximum atomic E-state index is 12.1. The third kappa shape index (κ3) is 6.53. The van der Waals surface area contributed by atoms with Gasteiger partial charge in [-0.05, 0) is 57.7 Å². The molecule has 10 nitrogen and oxygen atoms in total. The summed E-state index contributed by atoms with van der Waals surface area (Å²) in [5.41, 5.74) is 2.89. The third-order valence-corrected chi connectivity index (χ3v) is 4.97. The van der Waals surface area contributed by atoms with Crippen LogP contribution < -0.4 is 21.3 Å². The highest BCUT2D eigenvalue weighted by molar-refractivity contribution is 5.93. The van der Waals surface area contributed by atoms with Crippen molar-refractivity contribution in [2.75, 3.05) is 23.7 Å². The Morgan fingerprint density at radius 2 is 1.82 bits per heavy atom. The lowest BCUT2D eigenvalue weighted by atomic mass is 10.1. The van der Waals surface area contributed by atoms with Gasteiger partial charge in [-0.25, -0.2) is 9.78 Å². The molecule has 0 spiro atoms. The summed E-state index contributed by atoms with van der Waals surface area (Å²) in [7, 11) is 0. The van der Waals surface area contributed by atoms with Gasteiger partial charge < -0.3 is 21.3 Å². The second kappa shape index (κ2) is 10.9. The van der Waals surface area contributed by atoms with Gasteiger partial charge in [-0.2, -0.15) is 0 Å². The number of amides is 3. The molecule has 10 heteroatoms. The summed E-state index contributed by atoms with van der Waals surface area (Å²) in [6.07, 6.45) is 2.29. The number of nitrogens with zero attached hydrogens (tertiary/aromatic N) is 4. The van der Waals surface area contributed by atoms with Crippen molar-refractivity contribution in [3.8, 4) is 0 Å². The van der Waals surface area contributed by atoms with Gasteiger partial charge in [0, 0.05) is 31.2 Å². The highest BCUT2D eigenvalue weighted by Gasteiger charge is 2.14. The van der Waals surface area contributed by atoms with Gasteiger partial charge in [0.15, 0.2) is 5.82 Å². The Morgan fingerprint density at radius 3 is 2.55 bits per heavy atom. The molecule has 0 atom stereocenters. The molecule has 4 N–H and O–H groups in total. The van der Waals surface area contributed by atoms with Crippen molar-refractivity contribution < 1.29 is 9.59 Å². The number of anilines is 2. The molecule has 1 aromatic carbocycles. The second-order valence-corrected chi connectivity index (χ2v) is 8.91. The van der Waals surface area contributed by atoms with Crippen LogP contribution in [0.1, 0.15) is 52.8 Å². The van der Waals surface area contributed by atoms with E-state index < -0.39 is 0 Å². The second-order valence-electron chi connectivity index (χ2n) is 8.91.